The number of nitrogens with two attached hydrogens (primary N) is 1. The Bertz CT molecular complexity index is 706. The summed E-state index contributed by atoms with van der Waals surface area (Å²) in [5.41, 5.74) is 8.24. The van der Waals surface area contributed by atoms with E-state index in [0.717, 1.165) is 29.8 Å². The van der Waals surface area contributed by atoms with E-state index in [1.54, 1.807) is 6.41 Å². The third kappa shape index (κ3) is 32.4. The van der Waals surface area contributed by atoms with Crippen molar-refractivity contribution in [1.29, 1.82) is 0 Å². The number of hydrogen-bond donors (Lipinski definition) is 2. The molecule has 1 fully saturated rings. The van der Waals surface area contributed by atoms with Gasteiger partial charge in [-0.2, -0.15) is 19.3 Å². The number of anilines is 1. The van der Waals surface area contributed by atoms with Crippen molar-refractivity contribution in [2.75, 3.05) is 32.0 Å². The number of hydrogen-bond acceptors (Lipinski definition) is 3. The second kappa shape index (κ2) is 44.1. The molecule has 6 heteroatoms. The molecule has 1 aliphatic heterocycles. The maximum Gasteiger partial charge on any atom is 2.00 e. The number of piperidine rings is 1. The third-order valence-corrected chi connectivity index (χ3v) is 5.58. The largest absolute Gasteiger partial charge is 2.00 e. The van der Waals surface area contributed by atoms with E-state index >= 15 is 0 Å². The smallest absolute Gasteiger partial charge is 0.490 e. The van der Waals surface area contributed by atoms with E-state index in [0.29, 0.717) is 0 Å². The Kier molecular flexibility index (Phi) is 54.0. The summed E-state index contributed by atoms with van der Waals surface area (Å²) >= 11 is 0. The summed E-state index contributed by atoms with van der Waals surface area (Å²) in [6.07, 6.45) is 17.1. The first-order valence-corrected chi connectivity index (χ1v) is 15.5. The Morgan fingerprint density at radius 2 is 1.27 bits per heavy atom. The van der Waals surface area contributed by atoms with Crippen LogP contribution in [0, 0.1) is 13.3 Å². The van der Waals surface area contributed by atoms with Crippen molar-refractivity contribution in [2.45, 2.75) is 106 Å². The quantitative estimate of drug-likeness (QED) is 0.135. The summed E-state index contributed by atoms with van der Waals surface area (Å²) in [6.45, 7) is 19.2. The molecule has 2 aromatic carbocycles. The molecular formula is C35H62N3OWY-. The Hall–Kier alpha value is -0.378. The number of para-hydroxylation sites is 1. The van der Waals surface area contributed by atoms with Gasteiger partial charge in [0.2, 0.25) is 0 Å². The van der Waals surface area contributed by atoms with Gasteiger partial charge in [0, 0.05) is 32.7 Å². The Morgan fingerprint density at radius 3 is 1.71 bits per heavy atom. The minimum absolute atomic E-state index is 0. The zero-order valence-electron chi connectivity index (χ0n) is 27.6. The van der Waals surface area contributed by atoms with Crippen molar-refractivity contribution in [1.82, 2.24) is 4.90 Å². The van der Waals surface area contributed by atoms with Crippen LogP contribution in [0.25, 0.3) is 11.1 Å². The summed E-state index contributed by atoms with van der Waals surface area (Å²) in [5, 5.41) is 2.57. The molecule has 1 saturated heterocycles. The van der Waals surface area contributed by atoms with Gasteiger partial charge in [-0.1, -0.05) is 134 Å². The van der Waals surface area contributed by atoms with Gasteiger partial charge in [-0.25, -0.2) is 0 Å². The van der Waals surface area contributed by atoms with Crippen molar-refractivity contribution in [2.24, 2.45) is 5.73 Å². The van der Waals surface area contributed by atoms with Crippen LogP contribution in [0.15, 0.2) is 54.6 Å². The van der Waals surface area contributed by atoms with Crippen LogP contribution in [-0.2, 0) is 58.6 Å². The van der Waals surface area contributed by atoms with Gasteiger partial charge in [-0.3, -0.25) is 0 Å². The molecule has 233 valence electrons. The molecule has 0 aliphatic carbocycles. The third-order valence-electron chi connectivity index (χ3n) is 5.58. The molecule has 0 aromatic heterocycles. The molecule has 0 saturated carbocycles. The molecular weight excluding hydrogens is 751 g/mol. The fourth-order valence-electron chi connectivity index (χ4n) is 3.60. The second-order valence-electron chi connectivity index (χ2n) is 8.43. The van der Waals surface area contributed by atoms with Crippen LogP contribution in [0.4, 0.5) is 5.69 Å². The van der Waals surface area contributed by atoms with Crippen molar-refractivity contribution in [3.05, 3.63) is 67.9 Å². The standard InChI is InChI=1S/C13H10NO.C10H22N.C6H12N.3C2H6.W.Y/c15-10-14-13-9-5-4-8-12(13)11-6-2-1-3-7-11;1-2-3-4-5-6-7-8-9-10-11;1-7-5-3-2-4-6-7;3*1-2;;/h1-9H,(H,14,15);1-11H2;2H,3-6H2,1H3;3*1-2H3;;/q3*-1;;;;+2;. The number of rotatable bonds is 11. The Morgan fingerprint density at radius 1 is 0.805 bits per heavy atom. The molecule has 3 N–H and O–H groups in total. The molecule has 3 rings (SSSR count). The fourth-order valence-corrected chi connectivity index (χ4v) is 3.60. The van der Waals surface area contributed by atoms with Crippen LogP contribution in [0.2, 0.25) is 0 Å². The zero-order valence-corrected chi connectivity index (χ0v) is 33.4. The van der Waals surface area contributed by atoms with Gasteiger partial charge in [0.15, 0.2) is 0 Å². The number of likely N-dealkylation sites (tertiary alicyclic amines) is 1. The van der Waals surface area contributed by atoms with E-state index < -0.39 is 0 Å². The van der Waals surface area contributed by atoms with Gasteiger partial charge in [0.05, 0.1) is 6.41 Å². The molecule has 0 spiro atoms. The van der Waals surface area contributed by atoms with Gasteiger partial charge in [-0.05, 0) is 38.7 Å². The van der Waals surface area contributed by atoms with E-state index in [4.69, 9.17) is 5.73 Å². The van der Waals surface area contributed by atoms with E-state index in [1.807, 2.05) is 96.1 Å². The molecule has 41 heavy (non-hydrogen) atoms. The molecule has 0 unspecified atom stereocenters. The first-order valence-electron chi connectivity index (χ1n) is 15.5. The van der Waals surface area contributed by atoms with Crippen LogP contribution in [0.5, 0.6) is 0 Å². The predicted molar refractivity (Wildman–Crippen MR) is 178 cm³/mol. The number of amides is 1. The topological polar surface area (TPSA) is 58.4 Å². The number of carbonyl (C=O) groups excluding carboxylic acids is 1. The maximum atomic E-state index is 10.3. The first kappa shape index (κ1) is 50.3. The van der Waals surface area contributed by atoms with Crippen molar-refractivity contribution in [3.63, 3.8) is 0 Å². The van der Waals surface area contributed by atoms with Crippen LogP contribution in [-0.4, -0.2) is 38.0 Å². The summed E-state index contributed by atoms with van der Waals surface area (Å²) in [6, 6.07) is 17.6. The first-order chi connectivity index (χ1) is 19.2. The molecule has 0 bridgehead atoms. The van der Waals surface area contributed by atoms with E-state index in [9.17, 15) is 4.79 Å². The molecule has 1 radical (unpaired) electrons. The van der Waals surface area contributed by atoms with Crippen molar-refractivity contribution >= 4 is 12.1 Å². The predicted octanol–water partition coefficient (Wildman–Crippen LogP) is 9.72. The van der Waals surface area contributed by atoms with Crippen LogP contribution < -0.4 is 11.1 Å². The van der Waals surface area contributed by atoms with E-state index in [2.05, 4.69) is 30.6 Å². The van der Waals surface area contributed by atoms with Gasteiger partial charge < -0.3 is 34.1 Å². The fraction of sp³-hybridized carbons (Fsp3) is 0.571. The minimum Gasteiger partial charge on any atom is -0.490 e. The number of nitrogens with zero attached hydrogens (tertiary/aromatic N) is 1. The Labute approximate surface area is 295 Å². The molecule has 2 aromatic rings. The summed E-state index contributed by atoms with van der Waals surface area (Å²) < 4.78 is 0. The van der Waals surface area contributed by atoms with E-state index in [-0.39, 0.29) is 53.8 Å². The summed E-state index contributed by atoms with van der Waals surface area (Å²) in [5.74, 6) is 0. The van der Waals surface area contributed by atoms with Gasteiger partial charge in [-0.15, -0.1) is 11.8 Å². The van der Waals surface area contributed by atoms with Crippen LogP contribution in [0.3, 0.4) is 0 Å². The van der Waals surface area contributed by atoms with E-state index in [1.165, 1.54) is 70.9 Å². The normalized spacial score (nSPS) is 11.0. The SMILES string of the molecule is CC.CC.CC.CN1CC[CH-]CC1.O=[C-]Nc1ccccc1-c1ccccc1.[CH2-]CCCCCCCCCN.[W+2].[Y]. The summed E-state index contributed by atoms with van der Waals surface area (Å²) in [7, 11) is 2.17. The van der Waals surface area contributed by atoms with Crippen molar-refractivity contribution in [3.8, 4) is 11.1 Å². The average Bonchev–Trinajstić information content (AvgIpc) is 3.02. The molecule has 1 amide bonds. The van der Waals surface area contributed by atoms with Crippen molar-refractivity contribution < 1.29 is 58.6 Å². The molecule has 4 nitrogen and oxygen atoms in total. The maximum absolute atomic E-state index is 10.3. The number of unbranched alkanes of at least 4 members (excludes halogenated alkanes) is 7. The van der Waals surface area contributed by atoms with Gasteiger partial charge >= 0.3 is 21.1 Å². The second-order valence-corrected chi connectivity index (χ2v) is 8.43. The molecule has 1 heterocycles. The van der Waals surface area contributed by atoms with Crippen LogP contribution >= 0.6 is 0 Å². The zero-order chi connectivity index (χ0) is 30.0. The van der Waals surface area contributed by atoms with Crippen LogP contribution in [0.1, 0.15) is 106 Å². The Balaban J connectivity index is -0.000000148. The van der Waals surface area contributed by atoms with Gasteiger partial charge in [0.1, 0.15) is 0 Å². The number of benzene rings is 2. The number of nitrogens with one attached hydrogen (secondary N) is 1. The minimum atomic E-state index is 0. The van der Waals surface area contributed by atoms with Gasteiger partial charge in [0.25, 0.3) is 0 Å². The molecule has 1 aliphatic rings. The summed E-state index contributed by atoms with van der Waals surface area (Å²) in [4.78, 5) is 12.7. The average molecular weight is 814 g/mol. The molecule has 0 atom stereocenters. The monoisotopic (exact) mass is 813 g/mol.